The molecular formula is C13H17NO4S. The van der Waals surface area contributed by atoms with Crippen LogP contribution in [0.25, 0.3) is 0 Å². The maximum Gasteiger partial charge on any atom is 0.340 e. The molecule has 5 nitrogen and oxygen atoms in total. The number of nitrogens with two attached hydrogens (primary N) is 1. The molecule has 0 fully saturated rings. The van der Waals surface area contributed by atoms with Crippen LogP contribution in [0.5, 0.6) is 0 Å². The molecule has 0 atom stereocenters. The predicted molar refractivity (Wildman–Crippen MR) is 74.2 cm³/mol. The van der Waals surface area contributed by atoms with Crippen molar-refractivity contribution in [3.63, 3.8) is 0 Å². The van der Waals surface area contributed by atoms with Crippen molar-refractivity contribution in [2.45, 2.75) is 18.7 Å². The topological polar surface area (TPSA) is 78.6 Å². The summed E-state index contributed by atoms with van der Waals surface area (Å²) in [6.45, 7) is 4.13. The Morgan fingerprint density at radius 3 is 2.53 bits per heavy atom. The average Bonchev–Trinajstić information content (AvgIpc) is 2.38. The van der Waals surface area contributed by atoms with Crippen LogP contribution in [0, 0.1) is 0 Å². The second-order valence-electron chi connectivity index (χ2n) is 3.56. The van der Waals surface area contributed by atoms with Crippen molar-refractivity contribution in [1.82, 2.24) is 0 Å². The first-order chi connectivity index (χ1) is 9.08. The fourth-order valence-electron chi connectivity index (χ4n) is 1.36. The zero-order valence-electron chi connectivity index (χ0n) is 11.0. The van der Waals surface area contributed by atoms with E-state index in [9.17, 15) is 9.59 Å². The average molecular weight is 283 g/mol. The lowest BCUT2D eigenvalue weighted by Crippen LogP contribution is -2.09. The van der Waals surface area contributed by atoms with Gasteiger partial charge in [0.05, 0.1) is 24.5 Å². The van der Waals surface area contributed by atoms with Gasteiger partial charge in [-0.25, -0.2) is 4.79 Å². The quantitative estimate of drug-likeness (QED) is 0.489. The number of ether oxygens (including phenoxy) is 2. The van der Waals surface area contributed by atoms with Crippen LogP contribution < -0.4 is 5.73 Å². The van der Waals surface area contributed by atoms with Gasteiger partial charge in [0.1, 0.15) is 0 Å². The molecule has 0 heterocycles. The summed E-state index contributed by atoms with van der Waals surface area (Å²) in [5.74, 6) is -0.555. The monoisotopic (exact) mass is 283 g/mol. The maximum atomic E-state index is 11.7. The van der Waals surface area contributed by atoms with Crippen molar-refractivity contribution in [3.05, 3.63) is 23.8 Å². The van der Waals surface area contributed by atoms with Gasteiger partial charge in [-0.1, -0.05) is 0 Å². The lowest BCUT2D eigenvalue weighted by Gasteiger charge is -2.07. The van der Waals surface area contributed by atoms with Gasteiger partial charge in [-0.05, 0) is 32.0 Å². The van der Waals surface area contributed by atoms with Crippen LogP contribution in [0.1, 0.15) is 24.2 Å². The highest BCUT2D eigenvalue weighted by molar-refractivity contribution is 8.00. The minimum absolute atomic E-state index is 0.194. The molecule has 0 aliphatic heterocycles. The summed E-state index contributed by atoms with van der Waals surface area (Å²) in [7, 11) is 0. The summed E-state index contributed by atoms with van der Waals surface area (Å²) in [6, 6.07) is 5.00. The molecule has 0 bridgehead atoms. The summed E-state index contributed by atoms with van der Waals surface area (Å²) in [4.78, 5) is 23.7. The molecule has 19 heavy (non-hydrogen) atoms. The first-order valence-corrected chi connectivity index (χ1v) is 6.92. The number of esters is 2. The number of nitrogen functional groups attached to an aromatic ring is 1. The molecule has 1 aromatic carbocycles. The van der Waals surface area contributed by atoms with Gasteiger partial charge in [0.15, 0.2) is 0 Å². The molecule has 1 aromatic rings. The van der Waals surface area contributed by atoms with E-state index in [0.717, 1.165) is 4.90 Å². The van der Waals surface area contributed by atoms with E-state index in [0.29, 0.717) is 24.5 Å². The molecule has 0 amide bonds. The zero-order valence-corrected chi connectivity index (χ0v) is 11.8. The fraction of sp³-hybridized carbons (Fsp3) is 0.385. The van der Waals surface area contributed by atoms with Gasteiger partial charge in [-0.3, -0.25) is 4.79 Å². The summed E-state index contributed by atoms with van der Waals surface area (Å²) in [5.41, 5.74) is 6.40. The summed E-state index contributed by atoms with van der Waals surface area (Å²) in [6.07, 6.45) is 0. The van der Waals surface area contributed by atoms with E-state index in [1.807, 2.05) is 0 Å². The van der Waals surface area contributed by atoms with Crippen molar-refractivity contribution < 1.29 is 19.1 Å². The lowest BCUT2D eigenvalue weighted by atomic mass is 10.2. The second kappa shape index (κ2) is 7.68. The molecule has 0 unspecified atom stereocenters. The first-order valence-electron chi connectivity index (χ1n) is 5.93. The lowest BCUT2D eigenvalue weighted by molar-refractivity contribution is -0.139. The third kappa shape index (κ3) is 4.82. The number of hydrogen-bond acceptors (Lipinski definition) is 6. The molecule has 0 aromatic heterocycles. The Labute approximate surface area is 116 Å². The molecule has 104 valence electrons. The van der Waals surface area contributed by atoms with Crippen LogP contribution in [-0.4, -0.2) is 30.9 Å². The highest BCUT2D eigenvalue weighted by atomic mass is 32.2. The minimum atomic E-state index is -0.460. The minimum Gasteiger partial charge on any atom is -0.465 e. The van der Waals surface area contributed by atoms with Gasteiger partial charge >= 0.3 is 11.9 Å². The number of rotatable bonds is 6. The maximum absolute atomic E-state index is 11.7. The van der Waals surface area contributed by atoms with E-state index in [1.54, 1.807) is 32.0 Å². The van der Waals surface area contributed by atoms with Gasteiger partial charge in [-0.2, -0.15) is 0 Å². The molecule has 0 radical (unpaired) electrons. The first kappa shape index (κ1) is 15.4. The van der Waals surface area contributed by atoms with Gasteiger partial charge in [0.2, 0.25) is 0 Å². The van der Waals surface area contributed by atoms with Crippen molar-refractivity contribution in [2.75, 3.05) is 24.7 Å². The predicted octanol–water partition coefficient (Wildman–Crippen LogP) is 2.10. The second-order valence-corrected chi connectivity index (χ2v) is 4.61. The van der Waals surface area contributed by atoms with Crippen molar-refractivity contribution in [3.8, 4) is 0 Å². The van der Waals surface area contributed by atoms with Crippen LogP contribution in [0.15, 0.2) is 23.1 Å². The standard InChI is InChI=1S/C13H17NO4S/c1-3-17-12(15)8-19-9-5-6-11(14)10(7-9)13(16)18-4-2/h5-7H,3-4,8,14H2,1-2H3. The fourth-order valence-corrected chi connectivity index (χ4v) is 2.09. The smallest absolute Gasteiger partial charge is 0.340 e. The molecule has 0 saturated heterocycles. The Hall–Kier alpha value is -1.69. The van der Waals surface area contributed by atoms with E-state index in [2.05, 4.69) is 0 Å². The molecule has 0 saturated carbocycles. The Morgan fingerprint density at radius 1 is 1.21 bits per heavy atom. The summed E-state index contributed by atoms with van der Waals surface area (Å²) < 4.78 is 9.74. The number of benzene rings is 1. The third-order valence-corrected chi connectivity index (χ3v) is 3.15. The SMILES string of the molecule is CCOC(=O)CSc1ccc(N)c(C(=O)OCC)c1. The number of carbonyl (C=O) groups is 2. The van der Waals surface area contributed by atoms with Gasteiger partial charge in [-0.15, -0.1) is 11.8 Å². The highest BCUT2D eigenvalue weighted by Gasteiger charge is 2.12. The zero-order chi connectivity index (χ0) is 14.3. The summed E-state index contributed by atoms with van der Waals surface area (Å²) in [5, 5.41) is 0. The Balaban J connectivity index is 2.73. The van der Waals surface area contributed by atoms with Crippen molar-refractivity contribution >= 4 is 29.4 Å². The van der Waals surface area contributed by atoms with Crippen molar-refractivity contribution in [1.29, 1.82) is 0 Å². The van der Waals surface area contributed by atoms with Crippen molar-refractivity contribution in [2.24, 2.45) is 0 Å². The van der Waals surface area contributed by atoms with Gasteiger partial charge in [0, 0.05) is 10.6 Å². The van der Waals surface area contributed by atoms with E-state index in [1.165, 1.54) is 11.8 Å². The molecule has 0 aliphatic carbocycles. The molecule has 6 heteroatoms. The van der Waals surface area contributed by atoms with Crippen LogP contribution in [0.3, 0.4) is 0 Å². The van der Waals surface area contributed by atoms with Gasteiger partial charge in [0.25, 0.3) is 0 Å². The Bertz CT molecular complexity index is 462. The largest absolute Gasteiger partial charge is 0.465 e. The summed E-state index contributed by atoms with van der Waals surface area (Å²) >= 11 is 1.29. The third-order valence-electron chi connectivity index (χ3n) is 2.18. The highest BCUT2D eigenvalue weighted by Crippen LogP contribution is 2.23. The molecule has 1 rings (SSSR count). The Kier molecular flexibility index (Phi) is 6.21. The van der Waals surface area contributed by atoms with E-state index in [4.69, 9.17) is 15.2 Å². The van der Waals surface area contributed by atoms with E-state index in [-0.39, 0.29) is 11.7 Å². The molecule has 0 aliphatic rings. The Morgan fingerprint density at radius 2 is 1.89 bits per heavy atom. The number of anilines is 1. The number of hydrogen-bond donors (Lipinski definition) is 1. The molecular weight excluding hydrogens is 266 g/mol. The van der Waals surface area contributed by atoms with E-state index < -0.39 is 5.97 Å². The number of thioether (sulfide) groups is 1. The molecule has 0 spiro atoms. The van der Waals surface area contributed by atoms with Crippen LogP contribution >= 0.6 is 11.8 Å². The molecule has 2 N–H and O–H groups in total. The van der Waals surface area contributed by atoms with Gasteiger partial charge < -0.3 is 15.2 Å². The normalized spacial score (nSPS) is 10.0. The number of carbonyl (C=O) groups excluding carboxylic acids is 2. The van der Waals surface area contributed by atoms with Crippen LogP contribution in [0.2, 0.25) is 0 Å². The van der Waals surface area contributed by atoms with Crippen LogP contribution in [0.4, 0.5) is 5.69 Å². The van der Waals surface area contributed by atoms with E-state index >= 15 is 0 Å². The van der Waals surface area contributed by atoms with Crippen LogP contribution in [-0.2, 0) is 14.3 Å².